The summed E-state index contributed by atoms with van der Waals surface area (Å²) in [5.74, 6) is -3.06. The van der Waals surface area contributed by atoms with Crippen LogP contribution in [0.2, 0.25) is 0 Å². The van der Waals surface area contributed by atoms with Crippen molar-refractivity contribution in [3.05, 3.63) is 35.5 Å². The average molecular weight is 341 g/mol. The van der Waals surface area contributed by atoms with Crippen molar-refractivity contribution in [1.29, 1.82) is 0 Å². The minimum Gasteiger partial charge on any atom is -0.419 e. The monoisotopic (exact) mass is 341 g/mol. The molecule has 1 saturated heterocycles. The summed E-state index contributed by atoms with van der Waals surface area (Å²) in [6, 6.07) is 3.87. The van der Waals surface area contributed by atoms with E-state index in [0.717, 1.165) is 6.20 Å². The fourth-order valence-corrected chi connectivity index (χ4v) is 2.35. The second kappa shape index (κ2) is 5.67. The van der Waals surface area contributed by atoms with Crippen LogP contribution in [0.3, 0.4) is 0 Å². The quantitative estimate of drug-likeness (QED) is 0.366. The Morgan fingerprint density at radius 2 is 1.74 bits per heavy atom. The summed E-state index contributed by atoms with van der Waals surface area (Å²) in [5.41, 5.74) is 0.561. The molecule has 1 aromatic carbocycles. The summed E-state index contributed by atoms with van der Waals surface area (Å²) in [7, 11) is -4.37. The van der Waals surface area contributed by atoms with Gasteiger partial charge in [-0.05, 0) is 24.6 Å². The number of aryl methyl sites for hydroxylation is 1. The number of carbonyl (C=O) groups is 2. The molecular weight excluding hydrogens is 326 g/mol. The van der Waals surface area contributed by atoms with Crippen molar-refractivity contribution in [3.8, 4) is 0 Å². The zero-order valence-electron chi connectivity index (χ0n) is 12.6. The molecule has 0 radical (unpaired) electrons. The molecule has 1 aliphatic rings. The molecule has 1 aliphatic heterocycles. The van der Waals surface area contributed by atoms with Gasteiger partial charge in [-0.1, -0.05) is 6.07 Å². The molecular formula is C14H15NO7S. The first kappa shape index (κ1) is 17.0. The highest BCUT2D eigenvalue weighted by Gasteiger charge is 2.38. The molecule has 0 unspecified atom stereocenters. The lowest BCUT2D eigenvalue weighted by Gasteiger charge is -2.29. The Hall–Kier alpha value is -2.39. The zero-order valence-corrected chi connectivity index (χ0v) is 13.4. The molecule has 1 aromatic rings. The third-order valence-electron chi connectivity index (χ3n) is 3.00. The van der Waals surface area contributed by atoms with E-state index in [2.05, 4.69) is 5.32 Å². The Bertz CT molecular complexity index is 786. The van der Waals surface area contributed by atoms with Crippen molar-refractivity contribution < 1.29 is 32.0 Å². The van der Waals surface area contributed by atoms with Gasteiger partial charge in [0.15, 0.2) is 5.57 Å². The van der Waals surface area contributed by atoms with E-state index in [4.69, 9.17) is 14.0 Å². The highest BCUT2D eigenvalue weighted by atomic mass is 32.2. The number of ether oxygens (including phenoxy) is 2. The zero-order chi connectivity index (χ0) is 17.4. The Labute approximate surface area is 132 Å². The van der Waals surface area contributed by atoms with E-state index in [9.17, 15) is 18.0 Å². The van der Waals surface area contributed by atoms with Crippen LogP contribution in [0.15, 0.2) is 34.9 Å². The van der Waals surface area contributed by atoms with Crippen LogP contribution in [0.25, 0.3) is 0 Å². The van der Waals surface area contributed by atoms with Crippen molar-refractivity contribution >= 4 is 27.7 Å². The van der Waals surface area contributed by atoms with Crippen LogP contribution in [-0.2, 0) is 29.2 Å². The highest BCUT2D eigenvalue weighted by Crippen LogP contribution is 2.24. The summed E-state index contributed by atoms with van der Waals surface area (Å²) in [5, 5.41) is 2.64. The van der Waals surface area contributed by atoms with Crippen molar-refractivity contribution in [2.45, 2.75) is 31.5 Å². The van der Waals surface area contributed by atoms with Crippen LogP contribution in [0.5, 0.6) is 0 Å². The van der Waals surface area contributed by atoms with Gasteiger partial charge in [0.2, 0.25) is 0 Å². The van der Waals surface area contributed by atoms with E-state index in [1.54, 1.807) is 6.92 Å². The van der Waals surface area contributed by atoms with E-state index >= 15 is 0 Å². The van der Waals surface area contributed by atoms with Gasteiger partial charge < -0.3 is 14.8 Å². The number of anilines is 1. The lowest BCUT2D eigenvalue weighted by Crippen LogP contribution is -2.42. The normalized spacial score (nSPS) is 17.3. The molecule has 0 atom stereocenters. The van der Waals surface area contributed by atoms with Crippen LogP contribution in [0.4, 0.5) is 5.69 Å². The molecule has 23 heavy (non-hydrogen) atoms. The minimum atomic E-state index is -4.37. The molecule has 124 valence electrons. The van der Waals surface area contributed by atoms with Gasteiger partial charge in [0.05, 0.1) is 4.90 Å². The fourth-order valence-electron chi connectivity index (χ4n) is 1.85. The largest absolute Gasteiger partial charge is 0.419 e. The summed E-state index contributed by atoms with van der Waals surface area (Å²) in [6.07, 6.45) is 1.07. The Morgan fingerprint density at radius 3 is 2.26 bits per heavy atom. The third kappa shape index (κ3) is 3.88. The standard InChI is InChI=1S/C14H15NO7S/c1-8-4-5-9(23(18,19)20)6-11(8)15-7-10-12(16)21-14(2,3)22-13(10)17/h4-7,15H,1-3H3,(H,18,19,20). The van der Waals surface area contributed by atoms with Crippen molar-refractivity contribution in [3.63, 3.8) is 0 Å². The van der Waals surface area contributed by atoms with Crippen LogP contribution in [-0.4, -0.2) is 30.7 Å². The van der Waals surface area contributed by atoms with Crippen LogP contribution in [0, 0.1) is 6.92 Å². The molecule has 0 saturated carbocycles. The second-order valence-corrected chi connectivity index (χ2v) is 6.75. The molecule has 0 aromatic heterocycles. The first-order chi connectivity index (χ1) is 10.5. The van der Waals surface area contributed by atoms with Crippen molar-refractivity contribution in [1.82, 2.24) is 0 Å². The van der Waals surface area contributed by atoms with Gasteiger partial charge >= 0.3 is 11.9 Å². The van der Waals surface area contributed by atoms with Gasteiger partial charge in [-0.2, -0.15) is 8.42 Å². The van der Waals surface area contributed by atoms with Gasteiger partial charge in [0.1, 0.15) is 0 Å². The number of rotatable bonds is 3. The maximum atomic E-state index is 11.8. The summed E-state index contributed by atoms with van der Waals surface area (Å²) in [4.78, 5) is 23.3. The van der Waals surface area contributed by atoms with Gasteiger partial charge in [0, 0.05) is 25.7 Å². The Balaban J connectivity index is 2.30. The predicted molar refractivity (Wildman–Crippen MR) is 79.0 cm³/mol. The highest BCUT2D eigenvalue weighted by molar-refractivity contribution is 7.85. The molecule has 9 heteroatoms. The van der Waals surface area contributed by atoms with Gasteiger partial charge in [-0.25, -0.2) is 9.59 Å². The topological polar surface area (TPSA) is 119 Å². The Kier molecular flexibility index (Phi) is 4.18. The smallest absolute Gasteiger partial charge is 0.350 e. The summed E-state index contributed by atoms with van der Waals surface area (Å²) >= 11 is 0. The molecule has 0 bridgehead atoms. The summed E-state index contributed by atoms with van der Waals surface area (Å²) in [6.45, 7) is 4.52. The minimum absolute atomic E-state index is 0.290. The Morgan fingerprint density at radius 1 is 1.17 bits per heavy atom. The second-order valence-electron chi connectivity index (χ2n) is 5.33. The van der Waals surface area contributed by atoms with Crippen LogP contribution in [0.1, 0.15) is 19.4 Å². The maximum absolute atomic E-state index is 11.8. The van der Waals surface area contributed by atoms with E-state index in [1.807, 2.05) is 0 Å². The van der Waals surface area contributed by atoms with E-state index in [0.29, 0.717) is 5.56 Å². The number of hydrogen-bond acceptors (Lipinski definition) is 7. The van der Waals surface area contributed by atoms with Crippen molar-refractivity contribution in [2.24, 2.45) is 0 Å². The molecule has 0 aliphatic carbocycles. The van der Waals surface area contributed by atoms with Crippen LogP contribution < -0.4 is 5.32 Å². The van der Waals surface area contributed by atoms with Crippen molar-refractivity contribution in [2.75, 3.05) is 5.32 Å². The third-order valence-corrected chi connectivity index (χ3v) is 3.85. The number of esters is 2. The lowest BCUT2D eigenvalue weighted by atomic mass is 10.2. The van der Waals surface area contributed by atoms with E-state index in [-0.39, 0.29) is 16.2 Å². The first-order valence-corrected chi connectivity index (χ1v) is 7.95. The van der Waals surface area contributed by atoms with E-state index in [1.165, 1.54) is 32.0 Å². The molecule has 1 heterocycles. The van der Waals surface area contributed by atoms with Gasteiger partial charge in [-0.3, -0.25) is 4.55 Å². The molecule has 0 amide bonds. The number of hydrogen-bond donors (Lipinski definition) is 2. The number of nitrogens with one attached hydrogen (secondary N) is 1. The number of benzene rings is 1. The van der Waals surface area contributed by atoms with Gasteiger partial charge in [-0.15, -0.1) is 0 Å². The molecule has 2 rings (SSSR count). The lowest BCUT2D eigenvalue weighted by molar-refractivity contribution is -0.222. The number of carbonyl (C=O) groups excluding carboxylic acids is 2. The van der Waals surface area contributed by atoms with E-state index < -0.39 is 27.8 Å². The summed E-state index contributed by atoms with van der Waals surface area (Å²) < 4.78 is 41.2. The number of cyclic esters (lactones) is 2. The molecule has 2 N–H and O–H groups in total. The molecule has 0 spiro atoms. The molecule has 1 fully saturated rings. The fraction of sp³-hybridized carbons (Fsp3) is 0.286. The van der Waals surface area contributed by atoms with Crippen LogP contribution >= 0.6 is 0 Å². The average Bonchev–Trinajstić information content (AvgIpc) is 2.36. The first-order valence-electron chi connectivity index (χ1n) is 6.51. The SMILES string of the molecule is Cc1ccc(S(=O)(=O)O)cc1NC=C1C(=O)OC(C)(C)OC1=O. The maximum Gasteiger partial charge on any atom is 0.350 e. The molecule has 8 nitrogen and oxygen atoms in total. The predicted octanol–water partition coefficient (Wildman–Crippen LogP) is 1.37. The van der Waals surface area contributed by atoms with Gasteiger partial charge in [0.25, 0.3) is 15.9 Å².